The highest BCUT2D eigenvalue weighted by Crippen LogP contribution is 2.38. The molecule has 0 aliphatic carbocycles. The van der Waals surface area contributed by atoms with Gasteiger partial charge < -0.3 is 0 Å². The van der Waals surface area contributed by atoms with Gasteiger partial charge in [0, 0.05) is 10.6 Å². The zero-order chi connectivity index (χ0) is 21.3. The Hall–Kier alpha value is -2.67. The topological polar surface area (TPSA) is 12.4 Å². The van der Waals surface area contributed by atoms with Crippen LogP contribution in [0.25, 0.3) is 11.1 Å². The van der Waals surface area contributed by atoms with E-state index < -0.39 is 17.1 Å². The molecule has 0 saturated carbocycles. The van der Waals surface area contributed by atoms with Crippen molar-refractivity contribution >= 4 is 17.5 Å². The maximum atomic E-state index is 14.0. The zero-order valence-corrected chi connectivity index (χ0v) is 16.4. The number of thioether (sulfide) groups is 1. The minimum atomic E-state index is -4.31. The largest absolute Gasteiger partial charge is 0.446 e. The molecule has 1 atom stereocenters. The molecule has 7 heteroatoms. The Morgan fingerprint density at radius 3 is 1.93 bits per heavy atom. The third kappa shape index (κ3) is 4.56. The fourth-order valence-corrected chi connectivity index (χ4v) is 4.08. The highest BCUT2D eigenvalue weighted by atomic mass is 32.2. The van der Waals surface area contributed by atoms with Gasteiger partial charge in [-0.1, -0.05) is 42.5 Å². The lowest BCUT2D eigenvalue weighted by Gasteiger charge is -2.10. The van der Waals surface area contributed by atoms with Crippen molar-refractivity contribution in [3.05, 3.63) is 89.5 Å². The van der Waals surface area contributed by atoms with Gasteiger partial charge in [-0.15, -0.1) is 0 Å². The van der Waals surface area contributed by atoms with Crippen LogP contribution < -0.4 is 0 Å². The van der Waals surface area contributed by atoms with Gasteiger partial charge in [0.1, 0.15) is 11.6 Å². The summed E-state index contributed by atoms with van der Waals surface area (Å²) in [6.45, 7) is 0. The van der Waals surface area contributed by atoms with E-state index in [0.29, 0.717) is 18.6 Å². The minimum absolute atomic E-state index is 0.0616. The van der Waals surface area contributed by atoms with Crippen molar-refractivity contribution in [2.24, 2.45) is 4.99 Å². The summed E-state index contributed by atoms with van der Waals surface area (Å²) in [4.78, 5) is 4.66. The van der Waals surface area contributed by atoms with Gasteiger partial charge in [0.2, 0.25) is 0 Å². The van der Waals surface area contributed by atoms with Crippen molar-refractivity contribution in [3.63, 3.8) is 0 Å². The minimum Gasteiger partial charge on any atom is -0.281 e. The maximum Gasteiger partial charge on any atom is 0.446 e. The molecule has 3 aromatic carbocycles. The average Bonchev–Trinajstić information content (AvgIpc) is 3.17. The Bertz CT molecular complexity index is 1050. The molecule has 1 nitrogen and oxygen atoms in total. The van der Waals surface area contributed by atoms with Crippen LogP contribution in [0, 0.1) is 11.6 Å². The second kappa shape index (κ2) is 8.22. The van der Waals surface area contributed by atoms with E-state index in [9.17, 15) is 22.0 Å². The quantitative estimate of drug-likeness (QED) is 0.305. The molecule has 1 unspecified atom stereocenters. The summed E-state index contributed by atoms with van der Waals surface area (Å²) in [5.41, 5.74) is -1.35. The first kappa shape index (κ1) is 20.6. The molecule has 0 amide bonds. The molecule has 4 rings (SSSR count). The van der Waals surface area contributed by atoms with Gasteiger partial charge in [-0.25, -0.2) is 8.78 Å². The van der Waals surface area contributed by atoms with Crippen molar-refractivity contribution in [2.75, 3.05) is 0 Å². The van der Waals surface area contributed by atoms with Crippen LogP contribution in [0.5, 0.6) is 0 Å². The highest BCUT2D eigenvalue weighted by Gasteiger charge is 2.29. The van der Waals surface area contributed by atoms with Gasteiger partial charge in [0.15, 0.2) is 0 Å². The van der Waals surface area contributed by atoms with E-state index in [2.05, 4.69) is 4.99 Å². The lowest BCUT2D eigenvalue weighted by Crippen LogP contribution is -2.03. The molecule has 1 aliphatic heterocycles. The Kier molecular flexibility index (Phi) is 5.64. The zero-order valence-electron chi connectivity index (χ0n) is 15.6. The molecule has 3 aromatic rings. The van der Waals surface area contributed by atoms with Gasteiger partial charge in [-0.3, -0.25) is 4.99 Å². The molecule has 30 heavy (non-hydrogen) atoms. The van der Waals surface area contributed by atoms with Crippen molar-refractivity contribution < 1.29 is 22.0 Å². The third-order valence-corrected chi connectivity index (χ3v) is 5.67. The summed E-state index contributed by atoms with van der Waals surface area (Å²) in [5.74, 6) is -1.23. The molecule has 0 aromatic heterocycles. The van der Waals surface area contributed by atoms with Crippen LogP contribution >= 0.6 is 11.8 Å². The summed E-state index contributed by atoms with van der Waals surface area (Å²) in [7, 11) is 0. The standard InChI is InChI=1S/C23H16F5NS/c24-18-2-1-3-19(25)22(18)21-13-12-20(29-21)16-6-4-14(5-7-16)15-8-10-17(11-9-15)30-23(26,27)28/h1-11,20H,12-13H2. The van der Waals surface area contributed by atoms with Crippen LogP contribution in [0.1, 0.15) is 30.0 Å². The SMILES string of the molecule is Fc1cccc(F)c1C1=NC(c2ccc(-c3ccc(SC(F)(F)F)cc3)cc2)CC1. The molecule has 1 aliphatic rings. The normalized spacial score (nSPS) is 16.6. The number of rotatable bonds is 4. The van der Waals surface area contributed by atoms with Crippen LogP contribution in [0.15, 0.2) is 76.6 Å². The molecular formula is C23H16F5NS. The predicted octanol–water partition coefficient (Wildman–Crippen LogP) is 7.57. The third-order valence-electron chi connectivity index (χ3n) is 4.93. The van der Waals surface area contributed by atoms with Crippen LogP contribution in [0.4, 0.5) is 22.0 Å². The molecule has 0 N–H and O–H groups in total. The number of nitrogens with zero attached hydrogens (tertiary/aromatic N) is 1. The second-order valence-corrected chi connectivity index (χ2v) is 8.06. The number of halogens is 5. The Balaban J connectivity index is 1.51. The smallest absolute Gasteiger partial charge is 0.281 e. The predicted molar refractivity (Wildman–Crippen MR) is 109 cm³/mol. The van der Waals surface area contributed by atoms with Gasteiger partial charge in [-0.05, 0) is 65.6 Å². The Morgan fingerprint density at radius 1 is 0.800 bits per heavy atom. The van der Waals surface area contributed by atoms with Crippen LogP contribution in [0.2, 0.25) is 0 Å². The van der Waals surface area contributed by atoms with Gasteiger partial charge in [0.25, 0.3) is 0 Å². The number of aliphatic imine (C=N–C) groups is 1. The van der Waals surface area contributed by atoms with Gasteiger partial charge in [0.05, 0.1) is 11.6 Å². The molecule has 0 spiro atoms. The summed E-state index contributed by atoms with van der Waals surface area (Å²) in [6, 6.07) is 17.3. The summed E-state index contributed by atoms with van der Waals surface area (Å²) < 4.78 is 65.4. The van der Waals surface area contributed by atoms with E-state index in [1.54, 1.807) is 12.1 Å². The van der Waals surface area contributed by atoms with Crippen LogP contribution in [-0.2, 0) is 0 Å². The monoisotopic (exact) mass is 433 g/mol. The maximum absolute atomic E-state index is 14.0. The van der Waals surface area contributed by atoms with Crippen molar-refractivity contribution in [1.29, 1.82) is 0 Å². The van der Waals surface area contributed by atoms with Crippen molar-refractivity contribution in [1.82, 2.24) is 0 Å². The van der Waals surface area contributed by atoms with Crippen molar-refractivity contribution in [3.8, 4) is 11.1 Å². The van der Waals surface area contributed by atoms with E-state index in [1.807, 2.05) is 24.3 Å². The first-order valence-corrected chi connectivity index (χ1v) is 10.1. The lowest BCUT2D eigenvalue weighted by atomic mass is 9.99. The van der Waals surface area contributed by atoms with Gasteiger partial charge >= 0.3 is 5.51 Å². The van der Waals surface area contributed by atoms with Gasteiger partial charge in [-0.2, -0.15) is 13.2 Å². The molecular weight excluding hydrogens is 417 g/mol. The molecule has 0 saturated heterocycles. The first-order valence-electron chi connectivity index (χ1n) is 9.27. The summed E-state index contributed by atoms with van der Waals surface area (Å²) in [5, 5.41) is 0. The fourth-order valence-electron chi connectivity index (χ4n) is 3.54. The van der Waals surface area contributed by atoms with Crippen molar-refractivity contribution in [2.45, 2.75) is 29.3 Å². The van der Waals surface area contributed by atoms with Crippen LogP contribution in [-0.4, -0.2) is 11.2 Å². The van der Waals surface area contributed by atoms with E-state index >= 15 is 0 Å². The molecule has 1 heterocycles. The number of hydrogen-bond acceptors (Lipinski definition) is 2. The molecule has 0 fully saturated rings. The van der Waals surface area contributed by atoms with E-state index in [1.165, 1.54) is 30.3 Å². The highest BCUT2D eigenvalue weighted by molar-refractivity contribution is 8.00. The second-order valence-electron chi connectivity index (χ2n) is 6.92. The molecule has 0 bridgehead atoms. The first-order chi connectivity index (χ1) is 14.3. The number of benzene rings is 3. The summed E-state index contributed by atoms with van der Waals surface area (Å²) >= 11 is -0.144. The molecule has 154 valence electrons. The Labute approximate surface area is 174 Å². The fraction of sp³-hybridized carbons (Fsp3) is 0.174. The van der Waals surface area contributed by atoms with E-state index in [4.69, 9.17) is 0 Å². The molecule has 0 radical (unpaired) electrons. The number of hydrogen-bond donors (Lipinski definition) is 0. The van der Waals surface area contributed by atoms with E-state index in [-0.39, 0.29) is 28.3 Å². The summed E-state index contributed by atoms with van der Waals surface area (Å²) in [6.07, 6.45) is 1.15. The lowest BCUT2D eigenvalue weighted by molar-refractivity contribution is -0.0328. The number of alkyl halides is 3. The Morgan fingerprint density at radius 2 is 1.37 bits per heavy atom. The average molecular weight is 433 g/mol. The van der Waals surface area contributed by atoms with E-state index in [0.717, 1.165) is 16.7 Å². The van der Waals surface area contributed by atoms with Crippen LogP contribution in [0.3, 0.4) is 0 Å².